The van der Waals surface area contributed by atoms with Crippen LogP contribution in [0.15, 0.2) is 34.9 Å². The van der Waals surface area contributed by atoms with Crippen LogP contribution in [0.3, 0.4) is 0 Å². The molecule has 1 fully saturated rings. The molecule has 3 rings (SSSR count). The second-order valence-corrected chi connectivity index (χ2v) is 6.01. The molecule has 0 saturated carbocycles. The number of aromatic nitrogens is 2. The maximum Gasteiger partial charge on any atom is 0.240 e. The second-order valence-electron chi connectivity index (χ2n) is 6.01. The van der Waals surface area contributed by atoms with E-state index in [2.05, 4.69) is 15.0 Å². The predicted octanol–water partition coefficient (Wildman–Crippen LogP) is 2.16. The van der Waals surface area contributed by atoms with Crippen molar-refractivity contribution in [3.63, 3.8) is 0 Å². The minimum atomic E-state index is -0.380. The zero-order chi connectivity index (χ0) is 16.1. The molecule has 1 aliphatic rings. The van der Waals surface area contributed by atoms with Gasteiger partial charge in [-0.15, -0.1) is 0 Å². The quantitative estimate of drug-likeness (QED) is 0.880. The lowest BCUT2D eigenvalue weighted by Gasteiger charge is -2.33. The number of nitrogens with zero attached hydrogens (tertiary/aromatic N) is 3. The van der Waals surface area contributed by atoms with Gasteiger partial charge in [-0.2, -0.15) is 4.98 Å². The van der Waals surface area contributed by atoms with Crippen molar-refractivity contribution in [1.82, 2.24) is 15.0 Å². The van der Waals surface area contributed by atoms with Crippen LogP contribution in [-0.4, -0.2) is 40.3 Å². The zero-order valence-corrected chi connectivity index (χ0v) is 13.4. The molecule has 1 N–H and O–H groups in total. The van der Waals surface area contributed by atoms with Crippen LogP contribution in [0.1, 0.15) is 36.2 Å². The Balaban J connectivity index is 1.50. The summed E-state index contributed by atoms with van der Waals surface area (Å²) in [5, 5.41) is 14.4. The number of piperidine rings is 1. The van der Waals surface area contributed by atoms with E-state index in [0.717, 1.165) is 31.5 Å². The third-order valence-electron chi connectivity index (χ3n) is 4.36. The topological polar surface area (TPSA) is 71.6 Å². The molecule has 0 amide bonds. The number of aliphatic hydroxyl groups excluding tert-OH is 1. The molecule has 2 aromatic rings. The lowest BCUT2D eigenvalue weighted by atomic mass is 9.87. The Morgan fingerprint density at radius 2 is 2.04 bits per heavy atom. The maximum atomic E-state index is 10.5. The molecule has 6 heteroatoms. The molecule has 1 aliphatic heterocycles. The third-order valence-corrected chi connectivity index (χ3v) is 4.36. The molecule has 1 saturated heterocycles. The molecule has 23 heavy (non-hydrogen) atoms. The van der Waals surface area contributed by atoms with Crippen molar-refractivity contribution in [2.75, 3.05) is 20.2 Å². The normalized spacial score (nSPS) is 18.2. The highest BCUT2D eigenvalue weighted by molar-refractivity contribution is 5.18. The monoisotopic (exact) mass is 317 g/mol. The summed E-state index contributed by atoms with van der Waals surface area (Å²) in [6.07, 6.45) is 1.56. The Morgan fingerprint density at radius 3 is 2.74 bits per heavy atom. The fraction of sp³-hybridized carbons (Fsp3) is 0.529. The summed E-state index contributed by atoms with van der Waals surface area (Å²) in [7, 11) is 1.61. The van der Waals surface area contributed by atoms with Gasteiger partial charge in [-0.25, -0.2) is 0 Å². The molecule has 0 radical (unpaired) electrons. The summed E-state index contributed by atoms with van der Waals surface area (Å²) in [4.78, 5) is 6.59. The van der Waals surface area contributed by atoms with E-state index in [9.17, 15) is 5.11 Å². The van der Waals surface area contributed by atoms with Crippen LogP contribution in [0, 0.1) is 5.92 Å². The van der Waals surface area contributed by atoms with Crippen LogP contribution in [-0.2, 0) is 17.9 Å². The predicted molar refractivity (Wildman–Crippen MR) is 84.4 cm³/mol. The fourth-order valence-corrected chi connectivity index (χ4v) is 3.08. The number of methoxy groups -OCH3 is 1. The zero-order valence-electron chi connectivity index (χ0n) is 13.4. The van der Waals surface area contributed by atoms with Gasteiger partial charge in [-0.1, -0.05) is 35.5 Å². The summed E-state index contributed by atoms with van der Waals surface area (Å²) < 4.78 is 10.2. The summed E-state index contributed by atoms with van der Waals surface area (Å²) in [6, 6.07) is 9.91. The van der Waals surface area contributed by atoms with Gasteiger partial charge >= 0.3 is 0 Å². The van der Waals surface area contributed by atoms with Gasteiger partial charge in [-0.3, -0.25) is 4.90 Å². The lowest BCUT2D eigenvalue weighted by Crippen LogP contribution is -2.35. The van der Waals surface area contributed by atoms with Crippen molar-refractivity contribution in [2.45, 2.75) is 32.1 Å². The average molecular weight is 317 g/mol. The van der Waals surface area contributed by atoms with E-state index in [4.69, 9.17) is 9.26 Å². The first kappa shape index (κ1) is 16.1. The van der Waals surface area contributed by atoms with Crippen LogP contribution in [0.25, 0.3) is 0 Å². The van der Waals surface area contributed by atoms with Crippen molar-refractivity contribution in [3.05, 3.63) is 47.6 Å². The van der Waals surface area contributed by atoms with Gasteiger partial charge in [-0.05, 0) is 37.4 Å². The largest absolute Gasteiger partial charge is 0.388 e. The summed E-state index contributed by atoms with van der Waals surface area (Å²) >= 11 is 0. The number of hydrogen-bond acceptors (Lipinski definition) is 6. The Bertz CT molecular complexity index is 594. The van der Waals surface area contributed by atoms with E-state index < -0.39 is 0 Å². The van der Waals surface area contributed by atoms with E-state index in [0.29, 0.717) is 30.8 Å². The molecule has 1 unspecified atom stereocenters. The van der Waals surface area contributed by atoms with Crippen LogP contribution in [0.4, 0.5) is 0 Å². The molecule has 2 heterocycles. The SMILES string of the molecule is COCc1noc(CN2CCC(C(O)c3ccccc3)CC2)n1. The smallest absolute Gasteiger partial charge is 0.240 e. The highest BCUT2D eigenvalue weighted by atomic mass is 16.5. The van der Waals surface area contributed by atoms with Gasteiger partial charge in [0.15, 0.2) is 5.82 Å². The average Bonchev–Trinajstić information content (AvgIpc) is 3.03. The summed E-state index contributed by atoms with van der Waals surface area (Å²) in [5.74, 6) is 1.51. The number of likely N-dealkylation sites (tertiary alicyclic amines) is 1. The Morgan fingerprint density at radius 1 is 1.30 bits per heavy atom. The standard InChI is InChI=1S/C17H23N3O3/c1-22-12-15-18-16(23-19-15)11-20-9-7-14(8-10-20)17(21)13-5-3-2-4-6-13/h2-6,14,17,21H,7-12H2,1H3. The van der Waals surface area contributed by atoms with E-state index in [1.54, 1.807) is 7.11 Å². The van der Waals surface area contributed by atoms with Crippen molar-refractivity contribution in [2.24, 2.45) is 5.92 Å². The maximum absolute atomic E-state index is 10.5. The van der Waals surface area contributed by atoms with Gasteiger partial charge in [0.1, 0.15) is 6.61 Å². The van der Waals surface area contributed by atoms with Crippen LogP contribution in [0.2, 0.25) is 0 Å². The number of aliphatic hydroxyl groups is 1. The molecular formula is C17H23N3O3. The number of hydrogen-bond donors (Lipinski definition) is 1. The molecule has 6 nitrogen and oxygen atoms in total. The van der Waals surface area contributed by atoms with Crippen molar-refractivity contribution in [1.29, 1.82) is 0 Å². The Hall–Kier alpha value is -1.76. The van der Waals surface area contributed by atoms with Crippen LogP contribution >= 0.6 is 0 Å². The van der Waals surface area contributed by atoms with E-state index >= 15 is 0 Å². The second kappa shape index (κ2) is 7.68. The Labute approximate surface area is 136 Å². The van der Waals surface area contributed by atoms with Crippen molar-refractivity contribution in [3.8, 4) is 0 Å². The molecule has 1 aromatic carbocycles. The van der Waals surface area contributed by atoms with Gasteiger partial charge in [0.05, 0.1) is 12.6 Å². The molecule has 124 valence electrons. The highest BCUT2D eigenvalue weighted by Crippen LogP contribution is 2.30. The first-order valence-electron chi connectivity index (χ1n) is 8.02. The molecule has 1 atom stereocenters. The van der Waals surface area contributed by atoms with E-state index in [-0.39, 0.29) is 6.10 Å². The summed E-state index contributed by atoms with van der Waals surface area (Å²) in [5.41, 5.74) is 1.01. The van der Waals surface area contributed by atoms with E-state index in [1.165, 1.54) is 0 Å². The van der Waals surface area contributed by atoms with Crippen molar-refractivity contribution >= 4 is 0 Å². The lowest BCUT2D eigenvalue weighted by molar-refractivity contribution is 0.0538. The minimum absolute atomic E-state index is 0.306. The first-order valence-corrected chi connectivity index (χ1v) is 8.02. The summed E-state index contributed by atoms with van der Waals surface area (Å²) in [6.45, 7) is 2.88. The van der Waals surface area contributed by atoms with Gasteiger partial charge in [0, 0.05) is 7.11 Å². The third kappa shape index (κ3) is 4.16. The van der Waals surface area contributed by atoms with Crippen LogP contribution in [0.5, 0.6) is 0 Å². The molecule has 1 aromatic heterocycles. The van der Waals surface area contributed by atoms with Crippen molar-refractivity contribution < 1.29 is 14.4 Å². The molecular weight excluding hydrogens is 294 g/mol. The molecule has 0 spiro atoms. The van der Waals surface area contributed by atoms with Gasteiger partial charge in [0.2, 0.25) is 5.89 Å². The van der Waals surface area contributed by atoms with E-state index in [1.807, 2.05) is 30.3 Å². The van der Waals surface area contributed by atoms with Crippen LogP contribution < -0.4 is 0 Å². The van der Waals surface area contributed by atoms with Gasteiger partial charge in [0.25, 0.3) is 0 Å². The number of rotatable bonds is 6. The molecule has 0 bridgehead atoms. The Kier molecular flexibility index (Phi) is 5.38. The minimum Gasteiger partial charge on any atom is -0.388 e. The van der Waals surface area contributed by atoms with Gasteiger partial charge < -0.3 is 14.4 Å². The fourth-order valence-electron chi connectivity index (χ4n) is 3.08. The first-order chi connectivity index (χ1) is 11.3. The number of ether oxygens (including phenoxy) is 1. The molecule has 0 aliphatic carbocycles. The highest BCUT2D eigenvalue weighted by Gasteiger charge is 2.26. The number of benzene rings is 1.